The number of Topliss-reactive ketones (excluding diaryl/α,β-unsaturated/α-hetero) is 1. The Balaban J connectivity index is 3.61. The first-order chi connectivity index (χ1) is 14.9. The standard InChI is InChI=1S/C28H54O3/c1-6-8-9-10-11-12-13-14-15-16-17-18-19-20-21-22-23-31-27(30)28(7-2,26(5)29)24-25(3)4/h25H,6-24H2,1-5H3. The Morgan fingerprint density at radius 2 is 1.06 bits per heavy atom. The smallest absolute Gasteiger partial charge is 0.319 e. The van der Waals surface area contributed by atoms with Crippen molar-refractivity contribution in [1.82, 2.24) is 0 Å². The molecule has 0 N–H and O–H groups in total. The normalized spacial score (nSPS) is 13.4. The van der Waals surface area contributed by atoms with Crippen molar-refractivity contribution in [3.8, 4) is 0 Å². The zero-order chi connectivity index (χ0) is 23.4. The van der Waals surface area contributed by atoms with E-state index in [4.69, 9.17) is 4.74 Å². The van der Waals surface area contributed by atoms with Gasteiger partial charge in [-0.1, -0.05) is 124 Å². The molecule has 0 rings (SSSR count). The van der Waals surface area contributed by atoms with Crippen molar-refractivity contribution in [2.45, 2.75) is 150 Å². The number of esters is 1. The van der Waals surface area contributed by atoms with Gasteiger partial charge in [0, 0.05) is 0 Å². The van der Waals surface area contributed by atoms with Crippen LogP contribution < -0.4 is 0 Å². The first-order valence-corrected chi connectivity index (χ1v) is 13.6. The molecule has 0 aliphatic rings. The van der Waals surface area contributed by atoms with Gasteiger partial charge >= 0.3 is 5.97 Å². The predicted octanol–water partition coefficient (Wildman–Crippen LogP) is 8.82. The quantitative estimate of drug-likeness (QED) is 0.0963. The van der Waals surface area contributed by atoms with Gasteiger partial charge in [0.2, 0.25) is 0 Å². The van der Waals surface area contributed by atoms with Crippen LogP contribution in [0.1, 0.15) is 150 Å². The van der Waals surface area contributed by atoms with Gasteiger partial charge in [-0.15, -0.1) is 0 Å². The van der Waals surface area contributed by atoms with Crippen LogP contribution in [0.2, 0.25) is 0 Å². The van der Waals surface area contributed by atoms with Crippen LogP contribution in [0, 0.1) is 11.3 Å². The van der Waals surface area contributed by atoms with E-state index in [-0.39, 0.29) is 11.8 Å². The first kappa shape index (κ1) is 30.1. The van der Waals surface area contributed by atoms with Crippen molar-refractivity contribution >= 4 is 11.8 Å². The molecular weight excluding hydrogens is 384 g/mol. The molecule has 0 fully saturated rings. The molecule has 1 unspecified atom stereocenters. The zero-order valence-corrected chi connectivity index (χ0v) is 21.7. The van der Waals surface area contributed by atoms with E-state index in [9.17, 15) is 9.59 Å². The van der Waals surface area contributed by atoms with Gasteiger partial charge in [-0.3, -0.25) is 9.59 Å². The number of ether oxygens (including phenoxy) is 1. The van der Waals surface area contributed by atoms with Crippen LogP contribution in [0.15, 0.2) is 0 Å². The van der Waals surface area contributed by atoms with Gasteiger partial charge < -0.3 is 4.74 Å². The number of carbonyl (C=O) groups is 2. The summed E-state index contributed by atoms with van der Waals surface area (Å²) in [6.45, 7) is 10.3. The Bertz CT molecular complexity index is 444. The fourth-order valence-corrected chi connectivity index (χ4v) is 4.56. The van der Waals surface area contributed by atoms with Gasteiger partial charge in [-0.25, -0.2) is 0 Å². The molecule has 31 heavy (non-hydrogen) atoms. The van der Waals surface area contributed by atoms with Crippen molar-refractivity contribution in [3.05, 3.63) is 0 Å². The maximum atomic E-state index is 12.6. The van der Waals surface area contributed by atoms with Gasteiger partial charge in [0.15, 0.2) is 0 Å². The second kappa shape index (κ2) is 19.8. The van der Waals surface area contributed by atoms with E-state index in [0.717, 1.165) is 12.8 Å². The SMILES string of the molecule is CCCCCCCCCCCCCCCCCCOC(=O)C(CC)(CC(C)C)C(C)=O. The number of carbonyl (C=O) groups excluding carboxylic acids is 2. The van der Waals surface area contributed by atoms with Gasteiger partial charge in [0.05, 0.1) is 6.61 Å². The average Bonchev–Trinajstić information content (AvgIpc) is 2.73. The van der Waals surface area contributed by atoms with E-state index in [2.05, 4.69) is 20.8 Å². The number of hydrogen-bond acceptors (Lipinski definition) is 3. The van der Waals surface area contributed by atoms with Gasteiger partial charge in [0.25, 0.3) is 0 Å². The summed E-state index contributed by atoms with van der Waals surface area (Å²) < 4.78 is 5.52. The molecule has 3 nitrogen and oxygen atoms in total. The lowest BCUT2D eigenvalue weighted by Crippen LogP contribution is -2.40. The summed E-state index contributed by atoms with van der Waals surface area (Å²) in [5.74, 6) is -0.0650. The molecule has 0 radical (unpaired) electrons. The van der Waals surface area contributed by atoms with Crippen molar-refractivity contribution in [3.63, 3.8) is 0 Å². The Labute approximate surface area is 194 Å². The van der Waals surface area contributed by atoms with Crippen molar-refractivity contribution in [2.75, 3.05) is 6.61 Å². The number of hydrogen-bond donors (Lipinski definition) is 0. The maximum absolute atomic E-state index is 12.6. The lowest BCUT2D eigenvalue weighted by Gasteiger charge is -2.29. The summed E-state index contributed by atoms with van der Waals surface area (Å²) in [5, 5.41) is 0. The number of ketones is 1. The first-order valence-electron chi connectivity index (χ1n) is 13.6. The molecule has 0 amide bonds. The Morgan fingerprint density at radius 1 is 0.677 bits per heavy atom. The van der Waals surface area contributed by atoms with Crippen LogP contribution in [0.25, 0.3) is 0 Å². The summed E-state index contributed by atoms with van der Waals surface area (Å²) >= 11 is 0. The van der Waals surface area contributed by atoms with Crippen LogP contribution >= 0.6 is 0 Å². The maximum Gasteiger partial charge on any atom is 0.319 e. The van der Waals surface area contributed by atoms with Gasteiger partial charge in [0.1, 0.15) is 11.2 Å². The Kier molecular flexibility index (Phi) is 19.2. The fourth-order valence-electron chi connectivity index (χ4n) is 4.56. The van der Waals surface area contributed by atoms with Gasteiger partial charge in [-0.2, -0.15) is 0 Å². The van der Waals surface area contributed by atoms with E-state index < -0.39 is 5.41 Å². The average molecular weight is 439 g/mol. The monoisotopic (exact) mass is 438 g/mol. The van der Waals surface area contributed by atoms with Crippen LogP contribution in [0.4, 0.5) is 0 Å². The molecule has 0 aromatic carbocycles. The highest BCUT2D eigenvalue weighted by molar-refractivity contribution is 6.02. The Hall–Kier alpha value is -0.860. The van der Waals surface area contributed by atoms with E-state index in [0.29, 0.717) is 25.4 Å². The molecule has 0 bridgehead atoms. The summed E-state index contributed by atoms with van der Waals surface area (Å²) in [6.07, 6.45) is 22.4. The van der Waals surface area contributed by atoms with Crippen molar-refractivity contribution < 1.29 is 14.3 Å². The molecule has 0 aromatic rings. The van der Waals surface area contributed by atoms with Crippen LogP contribution in [0.3, 0.4) is 0 Å². The van der Waals surface area contributed by atoms with Crippen LogP contribution in [0.5, 0.6) is 0 Å². The molecular formula is C28H54O3. The largest absolute Gasteiger partial charge is 0.465 e. The summed E-state index contributed by atoms with van der Waals surface area (Å²) in [6, 6.07) is 0. The topological polar surface area (TPSA) is 43.4 Å². The summed E-state index contributed by atoms with van der Waals surface area (Å²) in [5.41, 5.74) is -0.941. The molecule has 0 aliphatic heterocycles. The summed E-state index contributed by atoms with van der Waals surface area (Å²) in [7, 11) is 0. The lowest BCUT2D eigenvalue weighted by molar-refractivity contribution is -0.161. The second-order valence-corrected chi connectivity index (χ2v) is 10.0. The molecule has 0 saturated heterocycles. The van der Waals surface area contributed by atoms with E-state index in [1.54, 1.807) is 0 Å². The third kappa shape index (κ3) is 14.8. The molecule has 0 spiro atoms. The Morgan fingerprint density at radius 3 is 1.39 bits per heavy atom. The lowest BCUT2D eigenvalue weighted by atomic mass is 9.75. The number of rotatable bonds is 22. The van der Waals surface area contributed by atoms with Crippen molar-refractivity contribution in [2.24, 2.45) is 11.3 Å². The minimum absolute atomic E-state index is 0.0549. The molecule has 0 aromatic heterocycles. The second-order valence-electron chi connectivity index (χ2n) is 10.0. The summed E-state index contributed by atoms with van der Waals surface area (Å²) in [4.78, 5) is 24.7. The highest BCUT2D eigenvalue weighted by Gasteiger charge is 2.43. The minimum Gasteiger partial charge on any atom is -0.465 e. The number of unbranched alkanes of at least 4 members (excludes halogenated alkanes) is 15. The molecule has 0 saturated carbocycles. The van der Waals surface area contributed by atoms with Crippen molar-refractivity contribution in [1.29, 1.82) is 0 Å². The van der Waals surface area contributed by atoms with Gasteiger partial charge in [-0.05, 0) is 32.1 Å². The highest BCUT2D eigenvalue weighted by atomic mass is 16.5. The predicted molar refractivity (Wildman–Crippen MR) is 133 cm³/mol. The molecule has 0 heterocycles. The molecule has 3 heteroatoms. The van der Waals surface area contributed by atoms with E-state index >= 15 is 0 Å². The van der Waals surface area contributed by atoms with Crippen LogP contribution in [-0.4, -0.2) is 18.4 Å². The van der Waals surface area contributed by atoms with Crippen LogP contribution in [-0.2, 0) is 14.3 Å². The fraction of sp³-hybridized carbons (Fsp3) is 0.929. The molecule has 0 aliphatic carbocycles. The third-order valence-electron chi connectivity index (χ3n) is 6.66. The van der Waals surface area contributed by atoms with E-state index in [1.807, 2.05) is 6.92 Å². The highest BCUT2D eigenvalue weighted by Crippen LogP contribution is 2.33. The molecule has 184 valence electrons. The third-order valence-corrected chi connectivity index (χ3v) is 6.66. The molecule has 1 atom stereocenters. The minimum atomic E-state index is -0.941. The zero-order valence-electron chi connectivity index (χ0n) is 21.7. The van der Waals surface area contributed by atoms with E-state index in [1.165, 1.54) is 96.8 Å².